The van der Waals surface area contributed by atoms with Gasteiger partial charge in [0.05, 0.1) is 0 Å². The van der Waals surface area contributed by atoms with Crippen LogP contribution in [-0.2, 0) is 16.5 Å². The highest BCUT2D eigenvalue weighted by Gasteiger charge is 2.49. The second-order valence-electron chi connectivity index (χ2n) is 5.08. The van der Waals surface area contributed by atoms with Crippen LogP contribution >= 0.6 is 0 Å². The Morgan fingerprint density at radius 2 is 1.95 bits per heavy atom. The molecule has 0 fully saturated rings. The van der Waals surface area contributed by atoms with Crippen LogP contribution < -0.4 is 8.92 Å². The molecule has 0 amide bonds. The lowest BCUT2D eigenvalue weighted by Gasteiger charge is -2.33. The zero-order valence-electron chi connectivity index (χ0n) is 10.8. The maximum Gasteiger partial charge on any atom is 0.534 e. The van der Waals surface area contributed by atoms with Gasteiger partial charge in [0.2, 0.25) is 0 Å². The SMILES string of the molecule is CC1(C)CCc2c(cccc2OS(=O)(=O)C(F)(F)F)O1. The maximum atomic E-state index is 12.3. The molecule has 1 aromatic rings. The van der Waals surface area contributed by atoms with E-state index >= 15 is 0 Å². The summed E-state index contributed by atoms with van der Waals surface area (Å²) >= 11 is 0. The summed E-state index contributed by atoms with van der Waals surface area (Å²) < 4.78 is 68.9. The summed E-state index contributed by atoms with van der Waals surface area (Å²) in [7, 11) is -5.67. The van der Waals surface area contributed by atoms with Gasteiger partial charge in [-0.25, -0.2) is 0 Å². The lowest BCUT2D eigenvalue weighted by Crippen LogP contribution is -2.33. The lowest BCUT2D eigenvalue weighted by atomic mass is 9.94. The van der Waals surface area contributed by atoms with Gasteiger partial charge in [-0.3, -0.25) is 0 Å². The van der Waals surface area contributed by atoms with Crippen LogP contribution in [-0.4, -0.2) is 19.5 Å². The molecular formula is C12H13F3O4S. The fourth-order valence-electron chi connectivity index (χ4n) is 1.91. The smallest absolute Gasteiger partial charge is 0.487 e. The molecule has 4 nitrogen and oxygen atoms in total. The molecule has 0 aromatic heterocycles. The van der Waals surface area contributed by atoms with Gasteiger partial charge in [0.25, 0.3) is 0 Å². The minimum absolute atomic E-state index is 0.333. The molecule has 20 heavy (non-hydrogen) atoms. The Labute approximate surface area is 114 Å². The number of benzene rings is 1. The van der Waals surface area contributed by atoms with E-state index in [1.54, 1.807) is 6.07 Å². The first-order valence-corrected chi connectivity index (χ1v) is 7.24. The van der Waals surface area contributed by atoms with Crippen LogP contribution in [0.4, 0.5) is 13.2 Å². The molecule has 1 aromatic carbocycles. The quantitative estimate of drug-likeness (QED) is 0.622. The number of alkyl halides is 3. The van der Waals surface area contributed by atoms with E-state index in [0.717, 1.165) is 0 Å². The largest absolute Gasteiger partial charge is 0.534 e. The zero-order valence-corrected chi connectivity index (χ0v) is 11.6. The highest BCUT2D eigenvalue weighted by molar-refractivity contribution is 7.88. The standard InChI is InChI=1S/C12H13F3O4S/c1-11(2)7-6-8-9(18-11)4-3-5-10(8)19-20(16,17)12(13,14)15/h3-5H,6-7H2,1-2H3. The molecule has 0 spiro atoms. The number of hydrogen-bond donors (Lipinski definition) is 0. The molecule has 1 heterocycles. The minimum Gasteiger partial charge on any atom is -0.487 e. The van der Waals surface area contributed by atoms with Gasteiger partial charge in [-0.2, -0.15) is 21.6 Å². The van der Waals surface area contributed by atoms with E-state index in [4.69, 9.17) is 4.74 Å². The monoisotopic (exact) mass is 310 g/mol. The fourth-order valence-corrected chi connectivity index (χ4v) is 2.39. The molecule has 8 heteroatoms. The van der Waals surface area contributed by atoms with Crippen LogP contribution in [0.5, 0.6) is 11.5 Å². The van der Waals surface area contributed by atoms with Gasteiger partial charge >= 0.3 is 15.6 Å². The molecule has 0 bridgehead atoms. The average molecular weight is 310 g/mol. The third-order valence-electron chi connectivity index (χ3n) is 2.94. The molecule has 112 valence electrons. The van der Waals surface area contributed by atoms with Crippen LogP contribution in [0.25, 0.3) is 0 Å². The van der Waals surface area contributed by atoms with Crippen molar-refractivity contribution in [1.82, 2.24) is 0 Å². The molecular weight excluding hydrogens is 297 g/mol. The van der Waals surface area contributed by atoms with Crippen molar-refractivity contribution >= 4 is 10.1 Å². The van der Waals surface area contributed by atoms with Gasteiger partial charge in [0, 0.05) is 5.56 Å². The Morgan fingerprint density at radius 3 is 2.55 bits per heavy atom. The summed E-state index contributed by atoms with van der Waals surface area (Å²) in [6.07, 6.45) is 0.929. The number of fused-ring (bicyclic) bond motifs is 1. The Kier molecular flexibility index (Phi) is 3.40. The number of halogens is 3. The molecule has 0 unspecified atom stereocenters. The van der Waals surface area contributed by atoms with Gasteiger partial charge in [-0.15, -0.1) is 0 Å². The summed E-state index contributed by atoms with van der Waals surface area (Å²) in [5.41, 5.74) is -5.57. The Bertz CT molecular complexity index is 620. The van der Waals surface area contributed by atoms with E-state index < -0.39 is 21.2 Å². The minimum atomic E-state index is -5.67. The van der Waals surface area contributed by atoms with E-state index in [2.05, 4.69) is 4.18 Å². The first-order chi connectivity index (χ1) is 9.02. The van der Waals surface area contributed by atoms with E-state index in [0.29, 0.717) is 24.2 Å². The fraction of sp³-hybridized carbons (Fsp3) is 0.500. The van der Waals surface area contributed by atoms with Crippen LogP contribution in [0.3, 0.4) is 0 Å². The lowest BCUT2D eigenvalue weighted by molar-refractivity contribution is -0.0500. The van der Waals surface area contributed by atoms with E-state index in [1.807, 2.05) is 13.8 Å². The third-order valence-corrected chi connectivity index (χ3v) is 3.90. The number of ether oxygens (including phenoxy) is 1. The Morgan fingerprint density at radius 1 is 1.30 bits per heavy atom. The normalized spacial score (nSPS) is 18.1. The van der Waals surface area contributed by atoms with Gasteiger partial charge in [-0.05, 0) is 38.8 Å². The van der Waals surface area contributed by atoms with Gasteiger partial charge in [0.1, 0.15) is 17.1 Å². The topological polar surface area (TPSA) is 52.6 Å². The molecule has 0 aliphatic carbocycles. The van der Waals surface area contributed by atoms with Crippen molar-refractivity contribution in [3.05, 3.63) is 23.8 Å². The van der Waals surface area contributed by atoms with Gasteiger partial charge < -0.3 is 8.92 Å². The van der Waals surface area contributed by atoms with Crippen molar-refractivity contribution in [1.29, 1.82) is 0 Å². The second kappa shape index (κ2) is 4.54. The highest BCUT2D eigenvalue weighted by Crippen LogP contribution is 2.39. The molecule has 2 rings (SSSR count). The maximum absolute atomic E-state index is 12.3. The van der Waals surface area contributed by atoms with Crippen molar-refractivity contribution < 1.29 is 30.5 Å². The van der Waals surface area contributed by atoms with E-state index in [9.17, 15) is 21.6 Å². The summed E-state index contributed by atoms with van der Waals surface area (Å²) in [4.78, 5) is 0. The van der Waals surface area contributed by atoms with Gasteiger partial charge in [-0.1, -0.05) is 6.07 Å². The number of rotatable bonds is 2. The first-order valence-electron chi connectivity index (χ1n) is 5.83. The van der Waals surface area contributed by atoms with Gasteiger partial charge in [0.15, 0.2) is 0 Å². The molecule has 1 aliphatic heterocycles. The second-order valence-corrected chi connectivity index (χ2v) is 6.62. The van der Waals surface area contributed by atoms with Crippen LogP contribution in [0, 0.1) is 0 Å². The number of hydrogen-bond acceptors (Lipinski definition) is 4. The van der Waals surface area contributed by atoms with E-state index in [1.165, 1.54) is 12.1 Å². The third kappa shape index (κ3) is 2.84. The van der Waals surface area contributed by atoms with Crippen molar-refractivity contribution in [3.63, 3.8) is 0 Å². The molecule has 0 N–H and O–H groups in total. The summed E-state index contributed by atoms with van der Waals surface area (Å²) in [5, 5.41) is 0. The summed E-state index contributed by atoms with van der Waals surface area (Å²) in [6, 6.07) is 4.15. The summed E-state index contributed by atoms with van der Waals surface area (Å²) in [6.45, 7) is 3.69. The first kappa shape index (κ1) is 15.0. The molecule has 0 atom stereocenters. The summed E-state index contributed by atoms with van der Waals surface area (Å²) in [5.74, 6) is 0.00597. The Balaban J connectivity index is 2.37. The molecule has 0 saturated heterocycles. The zero-order chi connectivity index (χ0) is 15.2. The van der Waals surface area contributed by atoms with Crippen molar-refractivity contribution in [2.75, 3.05) is 0 Å². The predicted molar refractivity (Wildman–Crippen MR) is 65.1 cm³/mol. The van der Waals surface area contributed by atoms with Crippen LogP contribution in [0.2, 0.25) is 0 Å². The molecule has 0 saturated carbocycles. The van der Waals surface area contributed by atoms with E-state index in [-0.39, 0.29) is 5.75 Å². The van der Waals surface area contributed by atoms with Crippen molar-refractivity contribution in [2.45, 2.75) is 37.8 Å². The highest BCUT2D eigenvalue weighted by atomic mass is 32.2. The van der Waals surface area contributed by atoms with Crippen molar-refractivity contribution in [2.24, 2.45) is 0 Å². The Hall–Kier alpha value is -1.44. The van der Waals surface area contributed by atoms with Crippen LogP contribution in [0.15, 0.2) is 18.2 Å². The van der Waals surface area contributed by atoms with Crippen molar-refractivity contribution in [3.8, 4) is 11.5 Å². The predicted octanol–water partition coefficient (Wildman–Crippen LogP) is 3.02. The average Bonchev–Trinajstić information content (AvgIpc) is 2.25. The molecule has 0 radical (unpaired) electrons. The van der Waals surface area contributed by atoms with Crippen LogP contribution in [0.1, 0.15) is 25.8 Å². The molecule has 1 aliphatic rings.